The summed E-state index contributed by atoms with van der Waals surface area (Å²) >= 11 is 0. The average molecular weight is 229 g/mol. The first-order chi connectivity index (χ1) is 7.18. The highest BCUT2D eigenvalue weighted by Crippen LogP contribution is 2.49. The minimum atomic E-state index is -3.51. The fraction of sp³-hybridized carbons (Fsp3) is 0.222. The van der Waals surface area contributed by atoms with Crippen LogP contribution in [0.1, 0.15) is 5.56 Å². The van der Waals surface area contributed by atoms with Crippen LogP contribution in [0.5, 0.6) is 0 Å². The van der Waals surface area contributed by atoms with Gasteiger partial charge in [0, 0.05) is 19.8 Å². The Kier molecular flexibility index (Phi) is 4.03. The molecule has 0 spiro atoms. The molecule has 0 aliphatic rings. The third-order valence-electron chi connectivity index (χ3n) is 1.87. The molecule has 0 amide bonds. The second-order valence-electron chi connectivity index (χ2n) is 2.65. The summed E-state index contributed by atoms with van der Waals surface area (Å²) in [5.41, 5.74) is 0.389. The van der Waals surface area contributed by atoms with Gasteiger partial charge < -0.3 is 14.3 Å². The number of oxime groups is 1. The Morgan fingerprint density at radius 3 is 2.20 bits per heavy atom. The van der Waals surface area contributed by atoms with Crippen LogP contribution in [0, 0.1) is 0 Å². The van der Waals surface area contributed by atoms with E-state index in [2.05, 4.69) is 5.16 Å². The standard InChI is InChI=1S/C9H12NO4P/c1-13-15(12,14-2)9(10-11)8-6-4-3-5-7-8/h3-7,11H,1-2H3/b10-9-. The molecule has 15 heavy (non-hydrogen) atoms. The first-order valence-electron chi connectivity index (χ1n) is 4.17. The molecule has 5 nitrogen and oxygen atoms in total. The van der Waals surface area contributed by atoms with Crippen molar-refractivity contribution < 1.29 is 18.8 Å². The maximum Gasteiger partial charge on any atom is 0.383 e. The molecule has 0 unspecified atom stereocenters. The van der Waals surface area contributed by atoms with Crippen molar-refractivity contribution in [2.75, 3.05) is 14.2 Å². The van der Waals surface area contributed by atoms with Crippen molar-refractivity contribution in [3.05, 3.63) is 35.9 Å². The van der Waals surface area contributed by atoms with Crippen molar-refractivity contribution in [3.8, 4) is 0 Å². The molecule has 0 fully saturated rings. The molecule has 0 aliphatic carbocycles. The van der Waals surface area contributed by atoms with Gasteiger partial charge in [0.2, 0.25) is 0 Å². The van der Waals surface area contributed by atoms with Crippen LogP contribution >= 0.6 is 7.60 Å². The van der Waals surface area contributed by atoms with Crippen LogP contribution < -0.4 is 0 Å². The summed E-state index contributed by atoms with van der Waals surface area (Å²) in [6, 6.07) is 8.56. The van der Waals surface area contributed by atoms with Gasteiger partial charge in [0.15, 0.2) is 5.45 Å². The first-order valence-corrected chi connectivity index (χ1v) is 5.71. The van der Waals surface area contributed by atoms with E-state index in [1.807, 2.05) is 0 Å². The lowest BCUT2D eigenvalue weighted by atomic mass is 10.2. The fourth-order valence-electron chi connectivity index (χ4n) is 1.11. The van der Waals surface area contributed by atoms with E-state index in [1.165, 1.54) is 14.2 Å². The highest BCUT2D eigenvalue weighted by Gasteiger charge is 2.31. The summed E-state index contributed by atoms with van der Waals surface area (Å²) in [6.07, 6.45) is 0. The molecule has 0 atom stereocenters. The molecule has 82 valence electrons. The lowest BCUT2D eigenvalue weighted by molar-refractivity contribution is 0.284. The fourth-order valence-corrected chi connectivity index (χ4v) is 2.18. The number of hydrogen-bond donors (Lipinski definition) is 1. The molecule has 6 heteroatoms. The van der Waals surface area contributed by atoms with Gasteiger partial charge in [-0.1, -0.05) is 35.5 Å². The van der Waals surface area contributed by atoms with E-state index in [4.69, 9.17) is 14.3 Å². The Bertz CT molecular complexity index is 382. The molecular weight excluding hydrogens is 217 g/mol. The number of nitrogens with zero attached hydrogens (tertiary/aromatic N) is 1. The normalized spacial score (nSPS) is 12.8. The van der Waals surface area contributed by atoms with Crippen molar-refractivity contribution in [1.82, 2.24) is 0 Å². The zero-order valence-corrected chi connectivity index (χ0v) is 9.35. The molecule has 1 rings (SSSR count). The molecule has 1 aromatic carbocycles. The molecular formula is C9H12NO4P. The van der Waals surface area contributed by atoms with Gasteiger partial charge in [-0.25, -0.2) is 0 Å². The molecule has 1 N–H and O–H groups in total. The van der Waals surface area contributed by atoms with Gasteiger partial charge in [0.1, 0.15) is 0 Å². The largest absolute Gasteiger partial charge is 0.410 e. The summed E-state index contributed by atoms with van der Waals surface area (Å²) in [6.45, 7) is 0. The maximum atomic E-state index is 11.9. The van der Waals surface area contributed by atoms with Crippen molar-refractivity contribution >= 4 is 13.0 Å². The summed E-state index contributed by atoms with van der Waals surface area (Å²) in [4.78, 5) is 0. The first kappa shape index (κ1) is 11.9. The van der Waals surface area contributed by atoms with Gasteiger partial charge >= 0.3 is 7.60 Å². The van der Waals surface area contributed by atoms with Gasteiger partial charge in [0.25, 0.3) is 0 Å². The molecule has 1 aromatic rings. The highest BCUT2D eigenvalue weighted by atomic mass is 31.2. The van der Waals surface area contributed by atoms with Crippen LogP contribution in [0.25, 0.3) is 0 Å². The lowest BCUT2D eigenvalue weighted by Crippen LogP contribution is -2.05. The zero-order valence-electron chi connectivity index (χ0n) is 8.45. The van der Waals surface area contributed by atoms with Gasteiger partial charge in [-0.3, -0.25) is 4.57 Å². The van der Waals surface area contributed by atoms with Gasteiger partial charge in [-0.05, 0) is 0 Å². The second-order valence-corrected chi connectivity index (χ2v) is 4.80. The van der Waals surface area contributed by atoms with Crippen LogP contribution in [-0.2, 0) is 13.6 Å². The number of rotatable bonds is 4. The van der Waals surface area contributed by atoms with Crippen LogP contribution in [0.2, 0.25) is 0 Å². The Hall–Kier alpha value is -1.16. The molecule has 0 bridgehead atoms. The Morgan fingerprint density at radius 1 is 1.27 bits per heavy atom. The lowest BCUT2D eigenvalue weighted by Gasteiger charge is -2.14. The Morgan fingerprint density at radius 2 is 1.80 bits per heavy atom. The molecule has 0 aliphatic heterocycles. The molecule has 0 heterocycles. The Balaban J connectivity index is 3.17. The smallest absolute Gasteiger partial charge is 0.383 e. The van der Waals surface area contributed by atoms with Crippen LogP contribution in [-0.4, -0.2) is 24.9 Å². The van der Waals surface area contributed by atoms with Crippen LogP contribution in [0.4, 0.5) is 0 Å². The van der Waals surface area contributed by atoms with E-state index in [9.17, 15) is 4.57 Å². The summed E-state index contributed by atoms with van der Waals surface area (Å²) in [7, 11) is -1.04. The average Bonchev–Trinajstić information content (AvgIpc) is 2.31. The van der Waals surface area contributed by atoms with E-state index >= 15 is 0 Å². The predicted molar refractivity (Wildman–Crippen MR) is 56.4 cm³/mol. The topological polar surface area (TPSA) is 68.1 Å². The van der Waals surface area contributed by atoms with Crippen molar-refractivity contribution in [2.24, 2.45) is 5.16 Å². The van der Waals surface area contributed by atoms with E-state index in [-0.39, 0.29) is 5.45 Å². The second kappa shape index (κ2) is 5.07. The predicted octanol–water partition coefficient (Wildman–Crippen LogP) is 2.31. The number of benzene rings is 1. The molecule has 0 saturated carbocycles. The number of hydrogen-bond acceptors (Lipinski definition) is 5. The minimum absolute atomic E-state index is 0.104. The van der Waals surface area contributed by atoms with Crippen LogP contribution in [0.15, 0.2) is 35.5 Å². The van der Waals surface area contributed by atoms with E-state index in [1.54, 1.807) is 30.3 Å². The summed E-state index contributed by atoms with van der Waals surface area (Å²) < 4.78 is 21.4. The molecule has 0 aromatic heterocycles. The van der Waals surface area contributed by atoms with Gasteiger partial charge in [-0.15, -0.1) is 0 Å². The van der Waals surface area contributed by atoms with Gasteiger partial charge in [0.05, 0.1) is 0 Å². The summed E-state index contributed by atoms with van der Waals surface area (Å²) in [5.74, 6) is 0. The monoisotopic (exact) mass is 229 g/mol. The van der Waals surface area contributed by atoms with Crippen molar-refractivity contribution in [2.45, 2.75) is 0 Å². The van der Waals surface area contributed by atoms with Crippen molar-refractivity contribution in [3.63, 3.8) is 0 Å². The van der Waals surface area contributed by atoms with Crippen molar-refractivity contribution in [1.29, 1.82) is 0 Å². The summed E-state index contributed by atoms with van der Waals surface area (Å²) in [5, 5.41) is 11.8. The SMILES string of the molecule is COP(=O)(OC)/C(=N\O)c1ccccc1. The molecule has 0 saturated heterocycles. The van der Waals surface area contributed by atoms with E-state index in [0.29, 0.717) is 5.56 Å². The maximum absolute atomic E-state index is 11.9. The quantitative estimate of drug-likeness (QED) is 0.372. The van der Waals surface area contributed by atoms with E-state index < -0.39 is 7.60 Å². The third kappa shape index (κ3) is 2.45. The van der Waals surface area contributed by atoms with Crippen LogP contribution in [0.3, 0.4) is 0 Å². The Labute approximate surface area is 87.9 Å². The molecule has 0 radical (unpaired) electrons. The minimum Gasteiger partial charge on any atom is -0.410 e. The highest BCUT2D eigenvalue weighted by molar-refractivity contribution is 7.73. The van der Waals surface area contributed by atoms with E-state index in [0.717, 1.165) is 0 Å². The van der Waals surface area contributed by atoms with Gasteiger partial charge in [-0.2, -0.15) is 0 Å². The third-order valence-corrected chi connectivity index (χ3v) is 3.69. The zero-order chi connectivity index (χ0) is 11.3.